The van der Waals surface area contributed by atoms with Crippen molar-refractivity contribution < 1.29 is 0 Å². The Hall–Kier alpha value is -2.17. The summed E-state index contributed by atoms with van der Waals surface area (Å²) in [7, 11) is 1.97. The van der Waals surface area contributed by atoms with Gasteiger partial charge in [0.05, 0.1) is 0 Å². The maximum Gasteiger partial charge on any atom is 0.131 e. The van der Waals surface area contributed by atoms with Crippen LogP contribution in [0.1, 0.15) is 17.4 Å². The van der Waals surface area contributed by atoms with Crippen LogP contribution in [0, 0.1) is 0 Å². The van der Waals surface area contributed by atoms with Crippen molar-refractivity contribution in [2.75, 3.05) is 0 Å². The first-order chi connectivity index (χ1) is 9.31. The second-order valence-electron chi connectivity index (χ2n) is 4.56. The summed E-state index contributed by atoms with van der Waals surface area (Å²) < 4.78 is 1.98. The molecule has 0 radical (unpaired) electrons. The van der Waals surface area contributed by atoms with Crippen molar-refractivity contribution in [3.63, 3.8) is 0 Å². The molecule has 0 aliphatic rings. The topological polar surface area (TPSA) is 55.9 Å². The fourth-order valence-corrected chi connectivity index (χ4v) is 2.46. The van der Waals surface area contributed by atoms with Gasteiger partial charge >= 0.3 is 0 Å². The second kappa shape index (κ2) is 4.84. The van der Waals surface area contributed by atoms with Crippen molar-refractivity contribution in [1.29, 1.82) is 0 Å². The Kier molecular flexibility index (Phi) is 3.03. The molecule has 2 aromatic carbocycles. The van der Waals surface area contributed by atoms with E-state index in [1.54, 1.807) is 6.20 Å². The van der Waals surface area contributed by atoms with Crippen molar-refractivity contribution in [3.05, 3.63) is 66.2 Å². The highest BCUT2D eigenvalue weighted by Gasteiger charge is 2.18. The quantitative estimate of drug-likeness (QED) is 0.554. The molecule has 3 aromatic rings. The molecule has 0 saturated carbocycles. The number of hydrogen-bond donors (Lipinski definition) is 2. The summed E-state index contributed by atoms with van der Waals surface area (Å²) >= 11 is 0. The Balaban J connectivity index is 2.20. The Morgan fingerprint density at radius 1 is 1.16 bits per heavy atom. The van der Waals surface area contributed by atoms with Crippen molar-refractivity contribution in [1.82, 2.24) is 15.0 Å². The smallest absolute Gasteiger partial charge is 0.131 e. The van der Waals surface area contributed by atoms with Crippen LogP contribution < -0.4 is 11.3 Å². The lowest BCUT2D eigenvalue weighted by molar-refractivity contribution is 0.583. The monoisotopic (exact) mass is 252 g/mol. The number of hydrazine groups is 1. The average molecular weight is 252 g/mol. The molecule has 1 aromatic heterocycles. The fourth-order valence-electron chi connectivity index (χ4n) is 2.46. The molecule has 0 aliphatic carbocycles. The first-order valence-corrected chi connectivity index (χ1v) is 6.22. The van der Waals surface area contributed by atoms with E-state index in [9.17, 15) is 0 Å². The third-order valence-electron chi connectivity index (χ3n) is 3.42. The molecule has 4 heteroatoms. The molecule has 0 bridgehead atoms. The third kappa shape index (κ3) is 2.01. The maximum atomic E-state index is 5.75. The van der Waals surface area contributed by atoms with E-state index < -0.39 is 0 Å². The fraction of sp³-hybridized carbons (Fsp3) is 0.133. The molecule has 0 amide bonds. The van der Waals surface area contributed by atoms with Gasteiger partial charge in [-0.05, 0) is 16.3 Å². The highest BCUT2D eigenvalue weighted by atomic mass is 15.3. The van der Waals surface area contributed by atoms with Gasteiger partial charge in [-0.1, -0.05) is 42.5 Å². The molecule has 0 aliphatic heterocycles. The SMILES string of the molecule is Cn1ccnc1C(NN)c1cccc2ccccc12. The van der Waals surface area contributed by atoms with Crippen LogP contribution in [-0.4, -0.2) is 9.55 Å². The largest absolute Gasteiger partial charge is 0.336 e. The lowest BCUT2D eigenvalue weighted by Crippen LogP contribution is -2.31. The lowest BCUT2D eigenvalue weighted by Gasteiger charge is -2.18. The average Bonchev–Trinajstić information content (AvgIpc) is 2.86. The van der Waals surface area contributed by atoms with Gasteiger partial charge in [-0.25, -0.2) is 10.4 Å². The summed E-state index contributed by atoms with van der Waals surface area (Å²) in [5.74, 6) is 6.65. The normalized spacial score (nSPS) is 12.7. The van der Waals surface area contributed by atoms with Crippen LogP contribution >= 0.6 is 0 Å². The standard InChI is InChI=1S/C15H16N4/c1-19-10-9-17-15(19)14(18-16)13-8-4-6-11-5-2-3-7-12(11)13/h2-10,14,18H,16H2,1H3. The number of aryl methyl sites for hydroxylation is 1. The predicted octanol–water partition coefficient (Wildman–Crippen LogP) is 2.13. The van der Waals surface area contributed by atoms with Crippen LogP contribution in [0.3, 0.4) is 0 Å². The Bertz CT molecular complexity index is 697. The van der Waals surface area contributed by atoms with Crippen molar-refractivity contribution in [3.8, 4) is 0 Å². The van der Waals surface area contributed by atoms with Crippen molar-refractivity contribution in [2.45, 2.75) is 6.04 Å². The van der Waals surface area contributed by atoms with Crippen LogP contribution in [0.5, 0.6) is 0 Å². The highest BCUT2D eigenvalue weighted by molar-refractivity contribution is 5.86. The Morgan fingerprint density at radius 2 is 1.95 bits per heavy atom. The molecule has 1 heterocycles. The van der Waals surface area contributed by atoms with Gasteiger partial charge in [-0.2, -0.15) is 0 Å². The summed E-state index contributed by atoms with van der Waals surface area (Å²) in [5.41, 5.74) is 4.00. The molecule has 1 atom stereocenters. The van der Waals surface area contributed by atoms with E-state index in [0.29, 0.717) is 0 Å². The molecule has 3 rings (SSSR count). The van der Waals surface area contributed by atoms with Gasteiger partial charge in [0.2, 0.25) is 0 Å². The van der Waals surface area contributed by atoms with Gasteiger partial charge in [0.1, 0.15) is 11.9 Å². The zero-order chi connectivity index (χ0) is 13.2. The van der Waals surface area contributed by atoms with E-state index in [4.69, 9.17) is 5.84 Å². The molecular weight excluding hydrogens is 236 g/mol. The second-order valence-corrected chi connectivity index (χ2v) is 4.56. The van der Waals surface area contributed by atoms with Gasteiger partial charge < -0.3 is 4.57 Å². The van der Waals surface area contributed by atoms with Crippen LogP contribution in [0.15, 0.2) is 54.9 Å². The minimum atomic E-state index is -0.119. The zero-order valence-electron chi connectivity index (χ0n) is 10.7. The maximum absolute atomic E-state index is 5.75. The van der Waals surface area contributed by atoms with E-state index in [-0.39, 0.29) is 6.04 Å². The van der Waals surface area contributed by atoms with Gasteiger partial charge in [0, 0.05) is 19.4 Å². The highest BCUT2D eigenvalue weighted by Crippen LogP contribution is 2.27. The molecule has 4 nitrogen and oxygen atoms in total. The van der Waals surface area contributed by atoms with Crippen LogP contribution in [0.2, 0.25) is 0 Å². The van der Waals surface area contributed by atoms with E-state index in [1.165, 1.54) is 10.8 Å². The molecule has 3 N–H and O–H groups in total. The number of nitrogens with one attached hydrogen (secondary N) is 1. The van der Waals surface area contributed by atoms with Crippen LogP contribution in [0.4, 0.5) is 0 Å². The number of benzene rings is 2. The lowest BCUT2D eigenvalue weighted by atomic mass is 9.98. The number of aromatic nitrogens is 2. The summed E-state index contributed by atoms with van der Waals surface area (Å²) in [6.07, 6.45) is 3.70. The van der Waals surface area contributed by atoms with Crippen LogP contribution in [-0.2, 0) is 7.05 Å². The summed E-state index contributed by atoms with van der Waals surface area (Å²) in [6.45, 7) is 0. The first kappa shape index (κ1) is 11.9. The predicted molar refractivity (Wildman–Crippen MR) is 76.3 cm³/mol. The number of rotatable bonds is 3. The van der Waals surface area contributed by atoms with E-state index in [1.807, 2.05) is 36.0 Å². The number of imidazole rings is 1. The molecule has 0 saturated heterocycles. The number of fused-ring (bicyclic) bond motifs is 1. The van der Waals surface area contributed by atoms with E-state index in [0.717, 1.165) is 11.4 Å². The van der Waals surface area contributed by atoms with E-state index in [2.05, 4.69) is 34.7 Å². The minimum Gasteiger partial charge on any atom is -0.336 e. The summed E-state index contributed by atoms with van der Waals surface area (Å²) in [5, 5.41) is 2.39. The van der Waals surface area contributed by atoms with Gasteiger partial charge in [0.15, 0.2) is 0 Å². The molecule has 0 fully saturated rings. The molecule has 1 unspecified atom stereocenters. The van der Waals surface area contributed by atoms with Crippen molar-refractivity contribution >= 4 is 10.8 Å². The van der Waals surface area contributed by atoms with Gasteiger partial charge in [-0.3, -0.25) is 5.84 Å². The molecule has 96 valence electrons. The number of hydrogen-bond acceptors (Lipinski definition) is 3. The van der Waals surface area contributed by atoms with Gasteiger partial charge in [0.25, 0.3) is 0 Å². The number of nitrogens with zero attached hydrogens (tertiary/aromatic N) is 2. The summed E-state index contributed by atoms with van der Waals surface area (Å²) in [4.78, 5) is 4.39. The minimum absolute atomic E-state index is 0.119. The molecular formula is C15H16N4. The Labute approximate surface area is 111 Å². The summed E-state index contributed by atoms with van der Waals surface area (Å²) in [6, 6.07) is 14.4. The van der Waals surface area contributed by atoms with Crippen LogP contribution in [0.25, 0.3) is 10.8 Å². The third-order valence-corrected chi connectivity index (χ3v) is 3.42. The molecule has 0 spiro atoms. The zero-order valence-corrected chi connectivity index (χ0v) is 10.7. The van der Waals surface area contributed by atoms with E-state index >= 15 is 0 Å². The Morgan fingerprint density at radius 3 is 2.68 bits per heavy atom. The first-order valence-electron chi connectivity index (χ1n) is 6.22. The van der Waals surface area contributed by atoms with Crippen molar-refractivity contribution in [2.24, 2.45) is 12.9 Å². The molecule has 19 heavy (non-hydrogen) atoms. The number of nitrogens with two attached hydrogens (primary N) is 1. The van der Waals surface area contributed by atoms with Gasteiger partial charge in [-0.15, -0.1) is 0 Å².